The number of anilines is 2. The smallest absolute Gasteiger partial charge is 0.210 e. The van der Waals surface area contributed by atoms with E-state index in [2.05, 4.69) is 52.5 Å². The number of rotatable bonds is 6. The van der Waals surface area contributed by atoms with Gasteiger partial charge in [-0.15, -0.1) is 10.2 Å². The molecule has 3 aromatic rings. The van der Waals surface area contributed by atoms with Crippen LogP contribution in [0.4, 0.5) is 10.8 Å². The molecule has 2 heterocycles. The molecular weight excluding hydrogens is 324 g/mol. The Morgan fingerprint density at radius 1 is 1.09 bits per heavy atom. The zero-order valence-electron chi connectivity index (χ0n) is 13.1. The standard InChI is InChI=1S/C17H18N4S2/c1-12-4-3-5-15(13(12)2)19-16-20-21-17(23-16)22-11-8-14-6-9-18-10-7-14/h3-7,9-10H,8,11H2,1-2H3,(H,19,20). The molecule has 3 rings (SSSR count). The third-order valence-corrected chi connectivity index (χ3v) is 5.59. The van der Waals surface area contributed by atoms with Gasteiger partial charge in [0, 0.05) is 23.8 Å². The summed E-state index contributed by atoms with van der Waals surface area (Å²) in [6.07, 6.45) is 4.67. The molecule has 0 amide bonds. The minimum Gasteiger partial charge on any atom is -0.330 e. The lowest BCUT2D eigenvalue weighted by Gasteiger charge is -2.08. The number of thioether (sulfide) groups is 1. The van der Waals surface area contributed by atoms with E-state index in [4.69, 9.17) is 0 Å². The van der Waals surface area contributed by atoms with E-state index >= 15 is 0 Å². The van der Waals surface area contributed by atoms with Crippen LogP contribution in [0.2, 0.25) is 0 Å². The summed E-state index contributed by atoms with van der Waals surface area (Å²) < 4.78 is 0.992. The topological polar surface area (TPSA) is 50.7 Å². The molecule has 1 aromatic carbocycles. The largest absolute Gasteiger partial charge is 0.330 e. The minimum atomic E-state index is 0.838. The first-order chi connectivity index (χ1) is 11.2. The van der Waals surface area contributed by atoms with Gasteiger partial charge in [0.2, 0.25) is 5.13 Å². The van der Waals surface area contributed by atoms with Gasteiger partial charge in [0.1, 0.15) is 0 Å². The summed E-state index contributed by atoms with van der Waals surface area (Å²) in [4.78, 5) is 4.03. The third-order valence-electron chi connectivity index (χ3n) is 3.62. The van der Waals surface area contributed by atoms with Gasteiger partial charge in [0.15, 0.2) is 4.34 Å². The maximum Gasteiger partial charge on any atom is 0.210 e. The Morgan fingerprint density at radius 2 is 1.91 bits per heavy atom. The van der Waals surface area contributed by atoms with E-state index in [-0.39, 0.29) is 0 Å². The Kier molecular flexibility index (Phi) is 5.25. The van der Waals surface area contributed by atoms with Gasteiger partial charge in [-0.05, 0) is 55.2 Å². The van der Waals surface area contributed by atoms with Crippen molar-refractivity contribution in [2.75, 3.05) is 11.1 Å². The van der Waals surface area contributed by atoms with Crippen molar-refractivity contribution in [2.24, 2.45) is 0 Å². The maximum atomic E-state index is 4.25. The van der Waals surface area contributed by atoms with Crippen molar-refractivity contribution in [1.29, 1.82) is 0 Å². The first-order valence-corrected chi connectivity index (χ1v) is 9.21. The van der Waals surface area contributed by atoms with Crippen molar-refractivity contribution in [2.45, 2.75) is 24.6 Å². The van der Waals surface area contributed by atoms with Crippen LogP contribution in [0.1, 0.15) is 16.7 Å². The predicted molar refractivity (Wildman–Crippen MR) is 97.8 cm³/mol. The van der Waals surface area contributed by atoms with Gasteiger partial charge < -0.3 is 5.32 Å². The van der Waals surface area contributed by atoms with Crippen molar-refractivity contribution < 1.29 is 0 Å². The molecule has 0 atom stereocenters. The highest BCUT2D eigenvalue weighted by atomic mass is 32.2. The summed E-state index contributed by atoms with van der Waals surface area (Å²) >= 11 is 3.33. The molecule has 0 saturated carbocycles. The number of nitrogens with one attached hydrogen (secondary N) is 1. The molecule has 0 bridgehead atoms. The summed E-state index contributed by atoms with van der Waals surface area (Å²) in [5, 5.41) is 12.7. The molecule has 0 aliphatic rings. The number of nitrogens with zero attached hydrogens (tertiary/aromatic N) is 3. The van der Waals surface area contributed by atoms with Crippen LogP contribution in [0.3, 0.4) is 0 Å². The Balaban J connectivity index is 1.57. The Morgan fingerprint density at radius 3 is 2.74 bits per heavy atom. The molecule has 4 nitrogen and oxygen atoms in total. The van der Waals surface area contributed by atoms with E-state index in [0.717, 1.165) is 27.3 Å². The van der Waals surface area contributed by atoms with Crippen LogP contribution >= 0.6 is 23.1 Å². The monoisotopic (exact) mass is 342 g/mol. The molecule has 0 spiro atoms. The average Bonchev–Trinajstić information content (AvgIpc) is 3.00. The number of pyridine rings is 1. The minimum absolute atomic E-state index is 0.838. The fourth-order valence-corrected chi connectivity index (χ4v) is 3.95. The number of aromatic nitrogens is 3. The quantitative estimate of drug-likeness (QED) is 0.662. The Hall–Kier alpha value is -1.92. The van der Waals surface area contributed by atoms with Crippen LogP contribution in [0.15, 0.2) is 47.1 Å². The van der Waals surface area contributed by atoms with Crippen LogP contribution in [-0.4, -0.2) is 20.9 Å². The van der Waals surface area contributed by atoms with Crippen molar-refractivity contribution in [3.05, 3.63) is 59.4 Å². The summed E-state index contributed by atoms with van der Waals surface area (Å²) in [6.45, 7) is 4.23. The highest BCUT2D eigenvalue weighted by molar-refractivity contribution is 8.01. The molecule has 0 aliphatic heterocycles. The van der Waals surface area contributed by atoms with Crippen molar-refractivity contribution in [1.82, 2.24) is 15.2 Å². The molecule has 1 N–H and O–H groups in total. The summed E-state index contributed by atoms with van der Waals surface area (Å²) in [7, 11) is 0. The van der Waals surface area contributed by atoms with E-state index < -0.39 is 0 Å². The average molecular weight is 342 g/mol. The van der Waals surface area contributed by atoms with Crippen LogP contribution in [0, 0.1) is 13.8 Å². The number of hydrogen-bond acceptors (Lipinski definition) is 6. The molecule has 0 saturated heterocycles. The van der Waals surface area contributed by atoms with E-state index in [1.165, 1.54) is 16.7 Å². The predicted octanol–water partition coefficient (Wildman–Crippen LogP) is 4.63. The fourth-order valence-electron chi connectivity index (χ4n) is 2.13. The lowest BCUT2D eigenvalue weighted by atomic mass is 10.1. The molecule has 23 heavy (non-hydrogen) atoms. The van der Waals surface area contributed by atoms with E-state index in [1.54, 1.807) is 23.1 Å². The van der Waals surface area contributed by atoms with Crippen LogP contribution < -0.4 is 5.32 Å². The molecular formula is C17H18N4S2. The first-order valence-electron chi connectivity index (χ1n) is 7.41. The highest BCUT2D eigenvalue weighted by Crippen LogP contribution is 2.29. The zero-order valence-corrected chi connectivity index (χ0v) is 14.7. The number of hydrogen-bond donors (Lipinski definition) is 1. The maximum absolute atomic E-state index is 4.25. The molecule has 6 heteroatoms. The van der Waals surface area contributed by atoms with Gasteiger partial charge in [-0.3, -0.25) is 4.98 Å². The van der Waals surface area contributed by atoms with Crippen LogP contribution in [0.5, 0.6) is 0 Å². The summed E-state index contributed by atoms with van der Waals surface area (Å²) in [5.74, 6) is 0.988. The lowest BCUT2D eigenvalue weighted by Crippen LogP contribution is -1.94. The van der Waals surface area contributed by atoms with Crippen molar-refractivity contribution in [3.8, 4) is 0 Å². The molecule has 0 aliphatic carbocycles. The third kappa shape index (κ3) is 4.30. The Labute approximate surface area is 144 Å². The Bertz CT molecular complexity index is 771. The van der Waals surface area contributed by atoms with E-state index in [1.807, 2.05) is 24.5 Å². The van der Waals surface area contributed by atoms with E-state index in [9.17, 15) is 0 Å². The summed E-state index contributed by atoms with van der Waals surface area (Å²) in [6, 6.07) is 10.3. The zero-order chi connectivity index (χ0) is 16.1. The molecule has 0 unspecified atom stereocenters. The van der Waals surface area contributed by atoms with Gasteiger partial charge in [-0.1, -0.05) is 35.2 Å². The van der Waals surface area contributed by atoms with E-state index in [0.29, 0.717) is 0 Å². The van der Waals surface area contributed by atoms with Gasteiger partial charge in [0.25, 0.3) is 0 Å². The fraction of sp³-hybridized carbons (Fsp3) is 0.235. The van der Waals surface area contributed by atoms with Crippen LogP contribution in [0.25, 0.3) is 0 Å². The summed E-state index contributed by atoms with van der Waals surface area (Å²) in [5.41, 5.74) is 4.90. The van der Waals surface area contributed by atoms with Gasteiger partial charge in [0.05, 0.1) is 0 Å². The number of benzene rings is 1. The normalized spacial score (nSPS) is 10.7. The molecule has 2 aromatic heterocycles. The highest BCUT2D eigenvalue weighted by Gasteiger charge is 2.07. The van der Waals surface area contributed by atoms with Crippen molar-refractivity contribution in [3.63, 3.8) is 0 Å². The van der Waals surface area contributed by atoms with Gasteiger partial charge in [-0.25, -0.2) is 0 Å². The molecule has 118 valence electrons. The molecule has 0 fully saturated rings. The molecule has 0 radical (unpaired) electrons. The second-order valence-electron chi connectivity index (χ2n) is 5.20. The lowest BCUT2D eigenvalue weighted by molar-refractivity contribution is 1.01. The van der Waals surface area contributed by atoms with Gasteiger partial charge in [-0.2, -0.15) is 0 Å². The number of aryl methyl sites for hydroxylation is 2. The second kappa shape index (κ2) is 7.57. The first kappa shape index (κ1) is 16.0. The SMILES string of the molecule is Cc1cccc(Nc2nnc(SCCc3ccncc3)s2)c1C. The second-order valence-corrected chi connectivity index (χ2v) is 7.52. The van der Waals surface area contributed by atoms with Gasteiger partial charge >= 0.3 is 0 Å². The van der Waals surface area contributed by atoms with Crippen molar-refractivity contribution >= 4 is 33.9 Å². The van der Waals surface area contributed by atoms with Crippen LogP contribution in [-0.2, 0) is 6.42 Å².